The molecule has 1 N–H and O–H groups in total. The van der Waals surface area contributed by atoms with Crippen LogP contribution in [0.25, 0.3) is 11.3 Å². The van der Waals surface area contributed by atoms with Crippen LogP contribution in [0.2, 0.25) is 0 Å². The third-order valence-corrected chi connectivity index (χ3v) is 5.90. The Morgan fingerprint density at radius 1 is 1.06 bits per heavy atom. The van der Waals surface area contributed by atoms with Gasteiger partial charge in [-0.2, -0.15) is 0 Å². The second-order valence-corrected chi connectivity index (χ2v) is 9.19. The number of carbonyl (C=O) groups excluding carboxylic acids is 1. The number of rotatable bonds is 6. The summed E-state index contributed by atoms with van der Waals surface area (Å²) in [5.74, 6) is 0.346. The number of nitrogens with one attached hydrogen (secondary N) is 1. The minimum absolute atomic E-state index is 0.0670. The van der Waals surface area contributed by atoms with Crippen molar-refractivity contribution >= 4 is 5.91 Å². The Morgan fingerprint density at radius 2 is 1.75 bits per heavy atom. The lowest BCUT2D eigenvalue weighted by atomic mass is 9.86. The van der Waals surface area contributed by atoms with Crippen molar-refractivity contribution in [2.75, 3.05) is 32.8 Å². The number of nitrogens with zero attached hydrogens (tertiary/aromatic N) is 2. The molecule has 1 atom stereocenters. The lowest BCUT2D eigenvalue weighted by Crippen LogP contribution is -2.43. The molecule has 2 heterocycles. The zero-order valence-corrected chi connectivity index (χ0v) is 19.0. The molecule has 1 aromatic heterocycles. The van der Waals surface area contributed by atoms with Crippen LogP contribution < -0.4 is 5.32 Å². The topological polar surface area (TPSA) is 67.6 Å². The summed E-state index contributed by atoms with van der Waals surface area (Å²) in [6, 6.07) is 20.1. The first-order chi connectivity index (χ1) is 15.4. The highest BCUT2D eigenvalue weighted by Crippen LogP contribution is 2.27. The van der Waals surface area contributed by atoms with E-state index >= 15 is 0 Å². The molecule has 1 amide bonds. The predicted octanol–water partition coefficient (Wildman–Crippen LogP) is 4.44. The fourth-order valence-electron chi connectivity index (χ4n) is 3.95. The number of aromatic nitrogens is 1. The number of benzene rings is 2. The second-order valence-electron chi connectivity index (χ2n) is 9.19. The van der Waals surface area contributed by atoms with Crippen molar-refractivity contribution in [2.24, 2.45) is 0 Å². The van der Waals surface area contributed by atoms with Gasteiger partial charge in [0, 0.05) is 31.3 Å². The summed E-state index contributed by atoms with van der Waals surface area (Å²) in [6.45, 7) is 10.2. The van der Waals surface area contributed by atoms with Crippen LogP contribution in [-0.2, 0) is 10.2 Å². The normalized spacial score (nSPS) is 16.0. The average Bonchev–Trinajstić information content (AvgIpc) is 3.31. The summed E-state index contributed by atoms with van der Waals surface area (Å²) in [4.78, 5) is 15.2. The summed E-state index contributed by atoms with van der Waals surface area (Å²) in [6.07, 6.45) is 0. The van der Waals surface area contributed by atoms with E-state index < -0.39 is 0 Å². The van der Waals surface area contributed by atoms with E-state index in [9.17, 15) is 4.79 Å². The highest BCUT2D eigenvalue weighted by atomic mass is 16.5. The van der Waals surface area contributed by atoms with Gasteiger partial charge in [-0.25, -0.2) is 0 Å². The molecule has 3 aromatic rings. The molecule has 0 bridgehead atoms. The van der Waals surface area contributed by atoms with Gasteiger partial charge in [-0.05, 0) is 16.5 Å². The van der Waals surface area contributed by atoms with Crippen molar-refractivity contribution in [3.05, 3.63) is 77.5 Å². The maximum Gasteiger partial charge on any atom is 0.273 e. The van der Waals surface area contributed by atoms with E-state index in [0.717, 1.165) is 18.7 Å². The third-order valence-electron chi connectivity index (χ3n) is 5.90. The Hall–Kier alpha value is -2.96. The van der Waals surface area contributed by atoms with Crippen LogP contribution in [0.1, 0.15) is 48.4 Å². The van der Waals surface area contributed by atoms with E-state index in [0.29, 0.717) is 25.5 Å². The first-order valence-electron chi connectivity index (χ1n) is 11.1. The van der Waals surface area contributed by atoms with E-state index in [2.05, 4.69) is 60.4 Å². The van der Waals surface area contributed by atoms with Gasteiger partial charge >= 0.3 is 0 Å². The van der Waals surface area contributed by atoms with Gasteiger partial charge in [-0.3, -0.25) is 9.69 Å². The lowest BCUT2D eigenvalue weighted by molar-refractivity contribution is 0.0162. The molecule has 2 aromatic carbocycles. The maximum atomic E-state index is 12.8. The lowest BCUT2D eigenvalue weighted by Gasteiger charge is -2.35. The summed E-state index contributed by atoms with van der Waals surface area (Å²) in [7, 11) is 0. The van der Waals surface area contributed by atoms with E-state index in [1.165, 1.54) is 11.1 Å². The van der Waals surface area contributed by atoms with Gasteiger partial charge in [0.15, 0.2) is 11.5 Å². The van der Waals surface area contributed by atoms with Crippen molar-refractivity contribution in [2.45, 2.75) is 32.2 Å². The van der Waals surface area contributed by atoms with Crippen molar-refractivity contribution in [1.82, 2.24) is 15.4 Å². The second kappa shape index (κ2) is 9.67. The Morgan fingerprint density at radius 3 is 2.41 bits per heavy atom. The number of ether oxygens (including phenoxy) is 1. The van der Waals surface area contributed by atoms with Gasteiger partial charge in [-0.1, -0.05) is 80.5 Å². The highest BCUT2D eigenvalue weighted by Gasteiger charge is 2.25. The molecule has 168 valence electrons. The van der Waals surface area contributed by atoms with Gasteiger partial charge < -0.3 is 14.6 Å². The van der Waals surface area contributed by atoms with Crippen molar-refractivity contribution < 1.29 is 14.1 Å². The van der Waals surface area contributed by atoms with Crippen LogP contribution in [-0.4, -0.2) is 48.8 Å². The first-order valence-corrected chi connectivity index (χ1v) is 11.1. The molecule has 0 spiro atoms. The molecule has 4 rings (SSSR count). The standard InChI is InChI=1S/C26H31N3O3/c1-26(2,3)21-11-9-19(10-12-21)23(29-13-15-31-16-14-29)18-27-25(30)22-17-24(32-28-22)20-7-5-4-6-8-20/h4-12,17,23H,13-16,18H2,1-3H3,(H,27,30)/t23-/m1/s1. The summed E-state index contributed by atoms with van der Waals surface area (Å²) in [5.41, 5.74) is 3.76. The zero-order valence-electron chi connectivity index (χ0n) is 19.0. The van der Waals surface area contributed by atoms with Gasteiger partial charge in [0.2, 0.25) is 0 Å². The molecule has 0 aliphatic carbocycles. The van der Waals surface area contributed by atoms with E-state index in [1.54, 1.807) is 6.07 Å². The van der Waals surface area contributed by atoms with Crippen molar-refractivity contribution in [3.8, 4) is 11.3 Å². The minimum Gasteiger partial charge on any atom is -0.379 e. The quantitative estimate of drug-likeness (QED) is 0.622. The van der Waals surface area contributed by atoms with Crippen LogP contribution in [0.15, 0.2) is 65.2 Å². The van der Waals surface area contributed by atoms with Crippen LogP contribution >= 0.6 is 0 Å². The SMILES string of the molecule is CC(C)(C)c1ccc([C@@H](CNC(=O)c2cc(-c3ccccc3)on2)N2CCOCC2)cc1. The number of amides is 1. The molecule has 0 unspecified atom stereocenters. The predicted molar refractivity (Wildman–Crippen MR) is 125 cm³/mol. The van der Waals surface area contributed by atoms with Gasteiger partial charge in [-0.15, -0.1) is 0 Å². The Bertz CT molecular complexity index is 1020. The summed E-state index contributed by atoms with van der Waals surface area (Å²) in [5, 5.41) is 7.03. The van der Waals surface area contributed by atoms with Gasteiger partial charge in [0.25, 0.3) is 5.91 Å². The molecule has 32 heavy (non-hydrogen) atoms. The maximum absolute atomic E-state index is 12.8. The van der Waals surface area contributed by atoms with E-state index in [1.807, 2.05) is 30.3 Å². The van der Waals surface area contributed by atoms with E-state index in [-0.39, 0.29) is 23.1 Å². The number of hydrogen-bond donors (Lipinski definition) is 1. The summed E-state index contributed by atoms with van der Waals surface area (Å²) >= 11 is 0. The van der Waals surface area contributed by atoms with Crippen LogP contribution in [0.4, 0.5) is 0 Å². The van der Waals surface area contributed by atoms with Crippen molar-refractivity contribution in [1.29, 1.82) is 0 Å². The average molecular weight is 434 g/mol. The Balaban J connectivity index is 1.48. The monoisotopic (exact) mass is 433 g/mol. The molecule has 1 fully saturated rings. The van der Waals surface area contributed by atoms with Crippen LogP contribution in [0, 0.1) is 0 Å². The molecule has 1 aliphatic heterocycles. The van der Waals surface area contributed by atoms with Gasteiger partial charge in [0.1, 0.15) is 0 Å². The first kappa shape index (κ1) is 22.2. The molecule has 6 nitrogen and oxygen atoms in total. The van der Waals surface area contributed by atoms with E-state index in [4.69, 9.17) is 9.26 Å². The van der Waals surface area contributed by atoms with Crippen LogP contribution in [0.3, 0.4) is 0 Å². The molecule has 1 saturated heterocycles. The smallest absolute Gasteiger partial charge is 0.273 e. The van der Waals surface area contributed by atoms with Gasteiger partial charge in [0.05, 0.1) is 19.3 Å². The van der Waals surface area contributed by atoms with Crippen molar-refractivity contribution in [3.63, 3.8) is 0 Å². The fourth-order valence-corrected chi connectivity index (χ4v) is 3.95. The molecule has 0 radical (unpaired) electrons. The fraction of sp³-hybridized carbons (Fsp3) is 0.385. The molecular formula is C26H31N3O3. The Labute approximate surface area is 189 Å². The number of morpholine rings is 1. The highest BCUT2D eigenvalue weighted by molar-refractivity contribution is 5.93. The number of hydrogen-bond acceptors (Lipinski definition) is 5. The molecule has 1 aliphatic rings. The molecule has 6 heteroatoms. The van der Waals surface area contributed by atoms with Crippen LogP contribution in [0.5, 0.6) is 0 Å². The number of carbonyl (C=O) groups is 1. The third kappa shape index (κ3) is 5.26. The zero-order chi connectivity index (χ0) is 22.6. The minimum atomic E-state index is -0.236. The summed E-state index contributed by atoms with van der Waals surface area (Å²) < 4.78 is 10.9. The Kier molecular flexibility index (Phi) is 6.72. The molecule has 0 saturated carbocycles. The molecular weight excluding hydrogens is 402 g/mol. The largest absolute Gasteiger partial charge is 0.379 e.